The molecule has 0 radical (unpaired) electrons. The van der Waals surface area contributed by atoms with Gasteiger partial charge in [0.25, 0.3) is 0 Å². The lowest BCUT2D eigenvalue weighted by Crippen LogP contribution is -2.39. The molecule has 2 N–H and O–H groups in total. The number of hydrogen-bond donors (Lipinski definition) is 2. The van der Waals surface area contributed by atoms with Crippen molar-refractivity contribution < 1.29 is 14.2 Å². The Kier molecular flexibility index (Phi) is 13.2. The number of hydrogen-bond acceptors (Lipinski definition) is 5. The molecule has 1 aromatic carbocycles. The number of guanidine groups is 1. The fraction of sp³-hybridized carbons (Fsp3) is 0.429. The van der Waals surface area contributed by atoms with E-state index in [-0.39, 0.29) is 24.0 Å². The van der Waals surface area contributed by atoms with Crippen LogP contribution in [0.2, 0.25) is 5.02 Å². The van der Waals surface area contributed by atoms with Gasteiger partial charge >= 0.3 is 0 Å². The second kappa shape index (κ2) is 15.1. The lowest BCUT2D eigenvalue weighted by atomic mass is 10.1. The maximum absolute atomic E-state index is 6.04. The lowest BCUT2D eigenvalue weighted by molar-refractivity contribution is 0.145. The summed E-state index contributed by atoms with van der Waals surface area (Å²) in [7, 11) is 1.66. The van der Waals surface area contributed by atoms with Crippen molar-refractivity contribution in [2.24, 2.45) is 4.99 Å². The summed E-state index contributed by atoms with van der Waals surface area (Å²) in [5.41, 5.74) is 2.15. The molecule has 0 bridgehead atoms. The highest BCUT2D eigenvalue weighted by molar-refractivity contribution is 14.0. The average Bonchev–Trinajstić information content (AvgIpc) is 2.71. The first-order valence-corrected chi connectivity index (χ1v) is 9.98. The minimum absolute atomic E-state index is 0. The van der Waals surface area contributed by atoms with Gasteiger partial charge in [-0.2, -0.15) is 0 Å². The summed E-state index contributed by atoms with van der Waals surface area (Å²) in [6, 6.07) is 9.62. The smallest absolute Gasteiger partial charge is 0.232 e. The van der Waals surface area contributed by atoms with Gasteiger partial charge in [0, 0.05) is 25.4 Å². The Labute approximate surface area is 200 Å². The molecule has 1 heterocycles. The number of methoxy groups -OCH3 is 1. The van der Waals surface area contributed by atoms with Crippen molar-refractivity contribution in [3.05, 3.63) is 52.7 Å². The number of rotatable bonds is 11. The Bertz CT molecular complexity index is 793. The van der Waals surface area contributed by atoms with E-state index in [1.807, 2.05) is 26.0 Å². The number of benzene rings is 1. The topological polar surface area (TPSA) is 77.0 Å². The van der Waals surface area contributed by atoms with Gasteiger partial charge in [-0.05, 0) is 37.6 Å². The Hall–Kier alpha value is -1.78. The number of pyridine rings is 1. The molecule has 0 spiro atoms. The first-order chi connectivity index (χ1) is 14.1. The van der Waals surface area contributed by atoms with Crippen LogP contribution in [-0.4, -0.2) is 51.0 Å². The van der Waals surface area contributed by atoms with E-state index in [2.05, 4.69) is 26.7 Å². The second-order valence-corrected chi connectivity index (χ2v) is 6.62. The van der Waals surface area contributed by atoms with E-state index in [4.69, 9.17) is 25.8 Å². The molecule has 2 aromatic rings. The summed E-state index contributed by atoms with van der Waals surface area (Å²) in [6.07, 6.45) is 1.65. The Morgan fingerprint density at radius 3 is 2.70 bits per heavy atom. The molecule has 30 heavy (non-hydrogen) atoms. The summed E-state index contributed by atoms with van der Waals surface area (Å²) in [5, 5.41) is 6.97. The lowest BCUT2D eigenvalue weighted by Gasteiger charge is -2.14. The first-order valence-electron chi connectivity index (χ1n) is 9.60. The van der Waals surface area contributed by atoms with Crippen LogP contribution >= 0.6 is 35.6 Å². The third kappa shape index (κ3) is 9.36. The highest BCUT2D eigenvalue weighted by Crippen LogP contribution is 2.21. The van der Waals surface area contributed by atoms with Crippen molar-refractivity contribution in [1.29, 1.82) is 0 Å². The molecular weight excluding hydrogens is 519 g/mol. The normalized spacial score (nSPS) is 10.9. The van der Waals surface area contributed by atoms with E-state index in [1.54, 1.807) is 25.4 Å². The first kappa shape index (κ1) is 26.3. The Balaban J connectivity index is 0.00000450. The van der Waals surface area contributed by atoms with Crippen LogP contribution in [0.25, 0.3) is 0 Å². The predicted octanol–water partition coefficient (Wildman–Crippen LogP) is 3.82. The number of aromatic nitrogens is 1. The number of nitrogens with one attached hydrogen (secondary N) is 2. The van der Waals surface area contributed by atoms with Gasteiger partial charge in [0.05, 0.1) is 19.7 Å². The molecule has 0 aliphatic carbocycles. The molecule has 0 aliphatic heterocycles. The van der Waals surface area contributed by atoms with Gasteiger partial charge in [-0.25, -0.2) is 9.98 Å². The average molecular weight is 549 g/mol. The minimum Gasteiger partial charge on any atom is -0.491 e. The highest BCUT2D eigenvalue weighted by Gasteiger charge is 2.06. The molecule has 9 heteroatoms. The van der Waals surface area contributed by atoms with Crippen LogP contribution < -0.4 is 20.1 Å². The number of halogens is 2. The number of aryl methyl sites for hydroxylation is 1. The Morgan fingerprint density at radius 1 is 1.13 bits per heavy atom. The molecule has 2 rings (SSSR count). The third-order valence-electron chi connectivity index (χ3n) is 3.88. The SMILES string of the molecule is CCNC(=NCc1ccc(C)cc1OCCOC)NCCOc1ncccc1Cl.I. The van der Waals surface area contributed by atoms with Crippen molar-refractivity contribution in [1.82, 2.24) is 15.6 Å². The van der Waals surface area contributed by atoms with E-state index >= 15 is 0 Å². The third-order valence-corrected chi connectivity index (χ3v) is 4.17. The molecule has 1 aromatic heterocycles. The standard InChI is InChI=1S/C21H29ClN4O3.HI/c1-4-23-21(25-10-11-29-20-18(22)6-5-9-24-20)26-15-17-8-7-16(2)14-19(17)28-13-12-27-3;/h5-9,14H,4,10-13,15H2,1-3H3,(H2,23,25,26);1H. The number of nitrogens with zero attached hydrogens (tertiary/aromatic N) is 2. The van der Waals surface area contributed by atoms with Crippen LogP contribution in [-0.2, 0) is 11.3 Å². The molecule has 0 atom stereocenters. The van der Waals surface area contributed by atoms with Crippen molar-refractivity contribution >= 4 is 41.5 Å². The van der Waals surface area contributed by atoms with Crippen molar-refractivity contribution in [2.75, 3.05) is 40.0 Å². The number of aliphatic imine (C=N–C) groups is 1. The summed E-state index contributed by atoms with van der Waals surface area (Å²) < 4.78 is 16.5. The van der Waals surface area contributed by atoms with Gasteiger partial charge in [0.1, 0.15) is 24.0 Å². The van der Waals surface area contributed by atoms with Crippen LogP contribution in [0, 0.1) is 6.92 Å². The van der Waals surface area contributed by atoms with Crippen LogP contribution in [0.5, 0.6) is 11.6 Å². The maximum Gasteiger partial charge on any atom is 0.232 e. The molecule has 7 nitrogen and oxygen atoms in total. The fourth-order valence-corrected chi connectivity index (χ4v) is 2.64. The van der Waals surface area contributed by atoms with E-state index in [9.17, 15) is 0 Å². The largest absolute Gasteiger partial charge is 0.491 e. The van der Waals surface area contributed by atoms with E-state index < -0.39 is 0 Å². The molecule has 0 amide bonds. The molecule has 0 saturated carbocycles. The van der Waals surface area contributed by atoms with Crippen molar-refractivity contribution in [3.8, 4) is 11.6 Å². The van der Waals surface area contributed by atoms with Crippen molar-refractivity contribution in [2.45, 2.75) is 20.4 Å². The molecule has 0 aliphatic rings. The van der Waals surface area contributed by atoms with Crippen LogP contribution in [0.3, 0.4) is 0 Å². The van der Waals surface area contributed by atoms with E-state index in [0.717, 1.165) is 23.4 Å². The molecular formula is C21H30ClIN4O3. The summed E-state index contributed by atoms with van der Waals surface area (Å²) in [5.74, 6) is 1.96. The zero-order chi connectivity index (χ0) is 20.9. The van der Waals surface area contributed by atoms with Gasteiger partial charge in [-0.15, -0.1) is 24.0 Å². The van der Waals surface area contributed by atoms with Crippen LogP contribution in [0.1, 0.15) is 18.1 Å². The zero-order valence-electron chi connectivity index (χ0n) is 17.6. The van der Waals surface area contributed by atoms with Gasteiger partial charge < -0.3 is 24.8 Å². The zero-order valence-corrected chi connectivity index (χ0v) is 20.7. The Morgan fingerprint density at radius 2 is 1.97 bits per heavy atom. The van der Waals surface area contributed by atoms with E-state index in [1.165, 1.54) is 0 Å². The molecule has 0 saturated heterocycles. The summed E-state index contributed by atoms with van der Waals surface area (Å²) in [6.45, 7) is 7.32. The molecule has 0 fully saturated rings. The van der Waals surface area contributed by atoms with Gasteiger partial charge in [0.2, 0.25) is 5.88 Å². The maximum atomic E-state index is 6.04. The molecule has 166 valence electrons. The quantitative estimate of drug-likeness (QED) is 0.192. The van der Waals surface area contributed by atoms with Gasteiger partial charge in [-0.1, -0.05) is 23.7 Å². The molecule has 0 unspecified atom stereocenters. The minimum atomic E-state index is 0. The summed E-state index contributed by atoms with van der Waals surface area (Å²) >= 11 is 6.04. The summed E-state index contributed by atoms with van der Waals surface area (Å²) in [4.78, 5) is 8.75. The van der Waals surface area contributed by atoms with Gasteiger partial charge in [-0.3, -0.25) is 0 Å². The van der Waals surface area contributed by atoms with Crippen LogP contribution in [0.4, 0.5) is 0 Å². The predicted molar refractivity (Wildman–Crippen MR) is 132 cm³/mol. The fourth-order valence-electron chi connectivity index (χ4n) is 2.46. The van der Waals surface area contributed by atoms with Gasteiger partial charge in [0.15, 0.2) is 5.96 Å². The highest BCUT2D eigenvalue weighted by atomic mass is 127. The second-order valence-electron chi connectivity index (χ2n) is 6.21. The van der Waals surface area contributed by atoms with Crippen molar-refractivity contribution in [3.63, 3.8) is 0 Å². The van der Waals surface area contributed by atoms with E-state index in [0.29, 0.717) is 49.8 Å². The van der Waals surface area contributed by atoms with Crippen LogP contribution in [0.15, 0.2) is 41.5 Å². The number of ether oxygens (including phenoxy) is 3. The monoisotopic (exact) mass is 548 g/mol.